The van der Waals surface area contributed by atoms with Crippen LogP contribution in [0.3, 0.4) is 0 Å². The second-order valence-corrected chi connectivity index (χ2v) is 4.43. The number of aromatic nitrogens is 1. The van der Waals surface area contributed by atoms with Crippen LogP contribution in [0.4, 0.5) is 0 Å². The van der Waals surface area contributed by atoms with Crippen molar-refractivity contribution in [3.05, 3.63) is 41.1 Å². The smallest absolute Gasteiger partial charge is 0.176 e. The molecule has 0 amide bonds. The van der Waals surface area contributed by atoms with E-state index in [1.165, 1.54) is 0 Å². The molecule has 2 heterocycles. The number of hydrogen-bond acceptors (Lipinski definition) is 3. The molecule has 2 rings (SSSR count). The van der Waals surface area contributed by atoms with Crippen molar-refractivity contribution in [2.24, 2.45) is 0 Å². The Morgan fingerprint density at radius 3 is 3.17 bits per heavy atom. The molecule has 0 atom stereocenters. The molecule has 0 saturated heterocycles. The molecule has 4 heteroatoms. The quantitative estimate of drug-likeness (QED) is 0.589. The van der Waals surface area contributed by atoms with Gasteiger partial charge in [0.1, 0.15) is 0 Å². The minimum absolute atomic E-state index is 0.0448. The van der Waals surface area contributed by atoms with Crippen LogP contribution in [-0.4, -0.2) is 13.4 Å². The van der Waals surface area contributed by atoms with Gasteiger partial charge < -0.3 is 0 Å². The minimum Gasteiger partial charge on any atom is -0.256 e. The van der Waals surface area contributed by atoms with Gasteiger partial charge in [-0.2, -0.15) is 0 Å². The highest BCUT2D eigenvalue weighted by molar-refractivity contribution is 7.93. The Morgan fingerprint density at radius 1 is 1.50 bits per heavy atom. The van der Waals surface area contributed by atoms with Crippen LogP contribution < -0.4 is 0 Å². The summed E-state index contributed by atoms with van der Waals surface area (Å²) >= 11 is 0. The molecular formula is C8H6NO2S. The van der Waals surface area contributed by atoms with Gasteiger partial charge in [-0.05, 0) is 11.6 Å². The molecule has 3 nitrogen and oxygen atoms in total. The first-order chi connectivity index (χ1) is 5.67. The maximum absolute atomic E-state index is 11.1. The van der Waals surface area contributed by atoms with Gasteiger partial charge in [-0.15, -0.1) is 0 Å². The summed E-state index contributed by atoms with van der Waals surface area (Å²) in [6.45, 7) is 0. The fourth-order valence-corrected chi connectivity index (χ4v) is 2.13. The fraction of sp³-hybridized carbons (Fsp3) is 0.125. The number of hydrogen-bond donors (Lipinski definition) is 0. The molecule has 0 bridgehead atoms. The van der Waals surface area contributed by atoms with E-state index in [0.717, 1.165) is 11.0 Å². The van der Waals surface area contributed by atoms with Gasteiger partial charge in [-0.1, -0.05) is 6.07 Å². The summed E-state index contributed by atoms with van der Waals surface area (Å²) < 4.78 is 22.1. The normalized spacial score (nSPS) is 18.7. The highest BCUT2D eigenvalue weighted by atomic mass is 32.2. The van der Waals surface area contributed by atoms with Gasteiger partial charge in [-0.25, -0.2) is 8.42 Å². The Balaban J connectivity index is 2.61. The summed E-state index contributed by atoms with van der Waals surface area (Å²) in [6, 6.07) is 3.47. The number of rotatable bonds is 0. The first-order valence-corrected chi connectivity index (χ1v) is 5.15. The van der Waals surface area contributed by atoms with Crippen LogP contribution in [0.1, 0.15) is 11.3 Å². The molecule has 1 aliphatic heterocycles. The highest BCUT2D eigenvalue weighted by Gasteiger charge is 2.15. The third-order valence-corrected chi connectivity index (χ3v) is 2.81. The Kier molecular flexibility index (Phi) is 1.51. The number of pyridine rings is 1. The van der Waals surface area contributed by atoms with Crippen molar-refractivity contribution in [2.45, 2.75) is 5.75 Å². The second-order valence-electron chi connectivity index (χ2n) is 2.58. The summed E-state index contributed by atoms with van der Waals surface area (Å²) in [6.07, 6.45) is 4.25. The predicted molar refractivity (Wildman–Crippen MR) is 43.8 cm³/mol. The summed E-state index contributed by atoms with van der Waals surface area (Å²) in [4.78, 5) is 3.98. The molecular weight excluding hydrogens is 174 g/mol. The van der Waals surface area contributed by atoms with Crippen LogP contribution in [0.5, 0.6) is 0 Å². The zero-order valence-corrected chi connectivity index (χ0v) is 7.00. The fourth-order valence-electron chi connectivity index (χ4n) is 1.09. The number of nitrogens with zero attached hydrogens (tertiary/aromatic N) is 1. The largest absolute Gasteiger partial charge is 0.256 e. The van der Waals surface area contributed by atoms with Gasteiger partial charge in [0.2, 0.25) is 0 Å². The number of sulfone groups is 1. The lowest BCUT2D eigenvalue weighted by Gasteiger charge is -2.07. The summed E-state index contributed by atoms with van der Waals surface area (Å²) in [5.41, 5.74) is 1.35. The van der Waals surface area contributed by atoms with E-state index in [9.17, 15) is 8.42 Å². The average molecular weight is 180 g/mol. The molecule has 0 fully saturated rings. The minimum atomic E-state index is -3.07. The Labute approximate surface area is 70.7 Å². The van der Waals surface area contributed by atoms with Crippen molar-refractivity contribution in [1.29, 1.82) is 0 Å². The molecule has 0 aliphatic carbocycles. The molecule has 0 N–H and O–H groups in total. The molecule has 0 saturated carbocycles. The molecule has 61 valence electrons. The van der Waals surface area contributed by atoms with Crippen molar-refractivity contribution in [3.8, 4) is 0 Å². The summed E-state index contributed by atoms with van der Waals surface area (Å²) in [7, 11) is -3.07. The molecule has 1 radical (unpaired) electrons. The van der Waals surface area contributed by atoms with Crippen LogP contribution in [0.2, 0.25) is 0 Å². The molecule has 0 aromatic carbocycles. The average Bonchev–Trinajstić information content (AvgIpc) is 2.02. The Bertz CT molecular complexity index is 434. The molecule has 0 unspecified atom stereocenters. The maximum Gasteiger partial charge on any atom is 0.176 e. The third-order valence-electron chi connectivity index (χ3n) is 1.62. The highest BCUT2D eigenvalue weighted by Crippen LogP contribution is 2.16. The Hall–Kier alpha value is -1.16. The van der Waals surface area contributed by atoms with Crippen LogP contribution in [0, 0.1) is 6.08 Å². The molecule has 12 heavy (non-hydrogen) atoms. The van der Waals surface area contributed by atoms with E-state index in [2.05, 4.69) is 11.1 Å². The maximum atomic E-state index is 11.1. The third kappa shape index (κ3) is 1.25. The van der Waals surface area contributed by atoms with Gasteiger partial charge in [0.25, 0.3) is 0 Å². The van der Waals surface area contributed by atoms with Crippen molar-refractivity contribution >= 4 is 9.84 Å². The van der Waals surface area contributed by atoms with Crippen molar-refractivity contribution < 1.29 is 8.42 Å². The molecule has 1 aromatic rings. The van der Waals surface area contributed by atoms with E-state index >= 15 is 0 Å². The van der Waals surface area contributed by atoms with E-state index in [1.54, 1.807) is 18.3 Å². The van der Waals surface area contributed by atoms with Crippen LogP contribution in [0.25, 0.3) is 0 Å². The van der Waals surface area contributed by atoms with Gasteiger partial charge in [0, 0.05) is 17.7 Å². The summed E-state index contributed by atoms with van der Waals surface area (Å²) in [5.74, 6) is 0.0448. The first-order valence-electron chi connectivity index (χ1n) is 3.44. The predicted octanol–water partition coefficient (Wildman–Crippen LogP) is 0.675. The number of fused-ring (bicyclic) bond motifs is 1. The van der Waals surface area contributed by atoms with E-state index in [-0.39, 0.29) is 5.75 Å². The van der Waals surface area contributed by atoms with E-state index in [0.29, 0.717) is 5.69 Å². The Morgan fingerprint density at radius 2 is 2.33 bits per heavy atom. The zero-order chi connectivity index (χ0) is 8.60. The van der Waals surface area contributed by atoms with Crippen molar-refractivity contribution in [3.63, 3.8) is 0 Å². The topological polar surface area (TPSA) is 47.0 Å². The first kappa shape index (κ1) is 7.49. The zero-order valence-electron chi connectivity index (χ0n) is 6.19. The van der Waals surface area contributed by atoms with Crippen LogP contribution >= 0.6 is 0 Å². The lowest BCUT2D eigenvalue weighted by atomic mass is 10.2. The molecule has 0 spiro atoms. The second kappa shape index (κ2) is 2.42. The van der Waals surface area contributed by atoms with E-state index in [4.69, 9.17) is 0 Å². The summed E-state index contributed by atoms with van der Waals surface area (Å²) in [5, 5.41) is 1.09. The van der Waals surface area contributed by atoms with E-state index < -0.39 is 9.84 Å². The van der Waals surface area contributed by atoms with E-state index in [1.807, 2.05) is 0 Å². The lowest BCUT2D eigenvalue weighted by Crippen LogP contribution is -2.07. The van der Waals surface area contributed by atoms with Crippen LogP contribution in [-0.2, 0) is 15.6 Å². The lowest BCUT2D eigenvalue weighted by molar-refractivity contribution is 0.603. The van der Waals surface area contributed by atoms with Crippen molar-refractivity contribution in [2.75, 3.05) is 0 Å². The molecule has 1 aromatic heterocycles. The van der Waals surface area contributed by atoms with Gasteiger partial charge in [0.05, 0.1) is 11.4 Å². The van der Waals surface area contributed by atoms with Gasteiger partial charge in [-0.3, -0.25) is 4.98 Å². The van der Waals surface area contributed by atoms with Gasteiger partial charge in [0.15, 0.2) is 9.84 Å². The van der Waals surface area contributed by atoms with Crippen molar-refractivity contribution in [1.82, 2.24) is 4.98 Å². The van der Waals surface area contributed by atoms with Gasteiger partial charge >= 0.3 is 0 Å². The standard InChI is InChI=1S/C8H6NO2S/c10-12(11)5-3-8-7(6-12)2-1-4-9-8/h1-2,4-5H,6H2. The van der Waals surface area contributed by atoms with Crippen LogP contribution in [0.15, 0.2) is 23.7 Å². The SMILES string of the molecule is O=S1(=O)C=[C]c2ncccc2C1. The monoisotopic (exact) mass is 180 g/mol. The molecule has 1 aliphatic rings.